The maximum Gasteiger partial charge on any atom is 0.416 e. The van der Waals surface area contributed by atoms with Gasteiger partial charge in [-0.05, 0) is 38.1 Å². The van der Waals surface area contributed by atoms with Crippen LogP contribution in [-0.4, -0.2) is 52.7 Å². The fourth-order valence-electron chi connectivity index (χ4n) is 4.18. The number of rotatable bonds is 2. The van der Waals surface area contributed by atoms with Crippen molar-refractivity contribution < 1.29 is 9.53 Å². The van der Waals surface area contributed by atoms with Gasteiger partial charge in [0.25, 0.3) is 0 Å². The zero-order valence-corrected chi connectivity index (χ0v) is 14.0. The highest BCUT2D eigenvalue weighted by Gasteiger charge is 2.56. The summed E-state index contributed by atoms with van der Waals surface area (Å²) in [4.78, 5) is 25.6. The fraction of sp³-hybridized carbons (Fsp3) is 0.471. The minimum atomic E-state index is -0.345. The average molecular weight is 342 g/mol. The van der Waals surface area contributed by atoms with Crippen LogP contribution in [0.4, 0.5) is 10.6 Å². The standard InChI is InChI=1S/C17H18N4O2S/c22-16-21(11-17(23-16)10-20-7-4-12(17)5-8-20)14-9-24-15(19-14)13-3-1-2-6-18-13/h1-3,6,9,12H,4-5,7-8,10-11H2/t17-/m1/s1. The monoisotopic (exact) mass is 342 g/mol. The predicted octanol–water partition coefficient (Wildman–Crippen LogP) is 2.63. The maximum absolute atomic E-state index is 12.5. The van der Waals surface area contributed by atoms with Crippen molar-refractivity contribution in [2.45, 2.75) is 18.4 Å². The molecule has 0 saturated carbocycles. The van der Waals surface area contributed by atoms with Gasteiger partial charge >= 0.3 is 6.09 Å². The first-order chi connectivity index (χ1) is 11.7. The summed E-state index contributed by atoms with van der Waals surface area (Å²) in [6.07, 6.45) is 3.74. The number of ether oxygens (including phenoxy) is 1. The normalized spacial score (nSPS) is 31.7. The van der Waals surface area contributed by atoms with Crippen LogP contribution in [0.2, 0.25) is 0 Å². The van der Waals surface area contributed by atoms with E-state index in [1.807, 2.05) is 23.6 Å². The Kier molecular flexibility index (Phi) is 3.14. The molecule has 4 fully saturated rings. The third-order valence-electron chi connectivity index (χ3n) is 5.41. The van der Waals surface area contributed by atoms with Crippen molar-refractivity contribution in [1.29, 1.82) is 0 Å². The molecular weight excluding hydrogens is 324 g/mol. The summed E-state index contributed by atoms with van der Waals surface area (Å²) < 4.78 is 5.90. The van der Waals surface area contributed by atoms with Crippen molar-refractivity contribution in [2.75, 3.05) is 31.1 Å². The van der Waals surface area contributed by atoms with E-state index in [-0.39, 0.29) is 11.7 Å². The number of piperidine rings is 3. The quantitative estimate of drug-likeness (QED) is 0.840. The topological polar surface area (TPSA) is 58.6 Å². The molecule has 1 spiro atoms. The Hall–Kier alpha value is -1.99. The van der Waals surface area contributed by atoms with Gasteiger partial charge in [-0.25, -0.2) is 9.78 Å². The van der Waals surface area contributed by atoms with E-state index in [4.69, 9.17) is 4.74 Å². The van der Waals surface area contributed by atoms with Gasteiger partial charge in [0, 0.05) is 24.0 Å². The van der Waals surface area contributed by atoms with Crippen molar-refractivity contribution >= 4 is 23.2 Å². The summed E-state index contributed by atoms with van der Waals surface area (Å²) in [6.45, 7) is 3.73. The van der Waals surface area contributed by atoms with Gasteiger partial charge in [-0.15, -0.1) is 11.3 Å². The lowest BCUT2D eigenvalue weighted by Gasteiger charge is -2.49. The number of pyridine rings is 1. The zero-order valence-electron chi connectivity index (χ0n) is 13.2. The van der Waals surface area contributed by atoms with Gasteiger partial charge in [-0.3, -0.25) is 14.8 Å². The van der Waals surface area contributed by atoms with E-state index in [1.165, 1.54) is 11.3 Å². The van der Waals surface area contributed by atoms with E-state index in [2.05, 4.69) is 14.9 Å². The van der Waals surface area contributed by atoms with E-state index in [1.54, 1.807) is 11.1 Å². The minimum Gasteiger partial charge on any atom is -0.439 e. The van der Waals surface area contributed by atoms with Crippen molar-refractivity contribution in [3.05, 3.63) is 29.8 Å². The minimum absolute atomic E-state index is 0.262. The summed E-state index contributed by atoms with van der Waals surface area (Å²) in [5, 5.41) is 2.75. The zero-order chi connectivity index (χ0) is 16.1. The van der Waals surface area contributed by atoms with Crippen LogP contribution in [0.5, 0.6) is 0 Å². The predicted molar refractivity (Wildman–Crippen MR) is 91.1 cm³/mol. The molecule has 4 aliphatic rings. The second-order valence-corrected chi connectivity index (χ2v) is 7.65. The Labute approximate surface area is 144 Å². The molecule has 0 N–H and O–H groups in total. The van der Waals surface area contributed by atoms with Crippen molar-refractivity contribution in [3.8, 4) is 10.7 Å². The molecule has 1 atom stereocenters. The average Bonchev–Trinajstić information content (AvgIpc) is 3.22. The second-order valence-electron chi connectivity index (χ2n) is 6.80. The maximum atomic E-state index is 12.5. The summed E-state index contributed by atoms with van der Waals surface area (Å²) in [7, 11) is 0. The second kappa shape index (κ2) is 5.26. The van der Waals surface area contributed by atoms with Crippen LogP contribution in [-0.2, 0) is 4.74 Å². The Morgan fingerprint density at radius 3 is 2.83 bits per heavy atom. The molecule has 2 bridgehead atoms. The first kappa shape index (κ1) is 14.4. The lowest BCUT2D eigenvalue weighted by molar-refractivity contribution is -0.0881. The molecule has 2 aromatic heterocycles. The van der Waals surface area contributed by atoms with Gasteiger partial charge in [0.2, 0.25) is 0 Å². The molecule has 0 aliphatic carbocycles. The van der Waals surface area contributed by atoms with Crippen LogP contribution in [0.15, 0.2) is 29.8 Å². The fourth-order valence-corrected chi connectivity index (χ4v) is 4.97. The number of fused-ring (bicyclic) bond motifs is 2. The molecule has 4 saturated heterocycles. The van der Waals surface area contributed by atoms with Gasteiger partial charge in [-0.2, -0.15) is 0 Å². The number of carbonyl (C=O) groups excluding carboxylic acids is 1. The molecule has 124 valence electrons. The number of nitrogens with zero attached hydrogens (tertiary/aromatic N) is 4. The smallest absolute Gasteiger partial charge is 0.416 e. The van der Waals surface area contributed by atoms with Crippen LogP contribution in [0.25, 0.3) is 10.7 Å². The van der Waals surface area contributed by atoms with E-state index in [0.29, 0.717) is 18.3 Å². The van der Waals surface area contributed by atoms with Crippen molar-refractivity contribution in [1.82, 2.24) is 14.9 Å². The molecule has 24 heavy (non-hydrogen) atoms. The van der Waals surface area contributed by atoms with Gasteiger partial charge in [-0.1, -0.05) is 6.07 Å². The van der Waals surface area contributed by atoms with Crippen LogP contribution in [0.3, 0.4) is 0 Å². The molecule has 6 rings (SSSR count). The first-order valence-corrected chi connectivity index (χ1v) is 9.21. The van der Waals surface area contributed by atoms with Crippen LogP contribution >= 0.6 is 11.3 Å². The SMILES string of the molecule is O=C1O[C@]2(CN3CCC2CC3)CN1c1csc(-c2ccccn2)n1. The summed E-state index contributed by atoms with van der Waals surface area (Å²) in [6, 6.07) is 5.75. The molecule has 7 heteroatoms. The summed E-state index contributed by atoms with van der Waals surface area (Å²) >= 11 is 1.51. The molecule has 4 aliphatic heterocycles. The van der Waals surface area contributed by atoms with Gasteiger partial charge in [0.05, 0.1) is 12.2 Å². The lowest BCUT2D eigenvalue weighted by atomic mass is 9.75. The van der Waals surface area contributed by atoms with E-state index in [0.717, 1.165) is 43.2 Å². The summed E-state index contributed by atoms with van der Waals surface area (Å²) in [5.74, 6) is 1.16. The van der Waals surface area contributed by atoms with Gasteiger partial charge in [0.1, 0.15) is 16.4 Å². The Morgan fingerprint density at radius 2 is 2.12 bits per heavy atom. The third kappa shape index (κ3) is 2.15. The number of hydrogen-bond acceptors (Lipinski definition) is 6. The molecule has 6 nitrogen and oxygen atoms in total. The number of thiazole rings is 1. The van der Waals surface area contributed by atoms with Crippen LogP contribution < -0.4 is 4.90 Å². The molecule has 0 aromatic carbocycles. The number of anilines is 1. The number of amides is 1. The summed E-state index contributed by atoms with van der Waals surface area (Å²) in [5.41, 5.74) is 0.487. The van der Waals surface area contributed by atoms with Crippen molar-refractivity contribution in [3.63, 3.8) is 0 Å². The first-order valence-electron chi connectivity index (χ1n) is 8.33. The van der Waals surface area contributed by atoms with E-state index < -0.39 is 0 Å². The third-order valence-corrected chi connectivity index (χ3v) is 6.26. The van der Waals surface area contributed by atoms with Crippen LogP contribution in [0.1, 0.15) is 12.8 Å². The molecule has 2 aromatic rings. The Balaban J connectivity index is 1.42. The molecule has 1 amide bonds. The van der Waals surface area contributed by atoms with E-state index >= 15 is 0 Å². The molecular formula is C17H18N4O2S. The highest BCUT2D eigenvalue weighted by atomic mass is 32.1. The lowest BCUT2D eigenvalue weighted by Crippen LogP contribution is -2.61. The van der Waals surface area contributed by atoms with Gasteiger partial charge in [0.15, 0.2) is 0 Å². The highest BCUT2D eigenvalue weighted by Crippen LogP contribution is 2.43. The van der Waals surface area contributed by atoms with Gasteiger partial charge < -0.3 is 4.74 Å². The molecule has 6 heterocycles. The van der Waals surface area contributed by atoms with E-state index in [9.17, 15) is 4.79 Å². The largest absolute Gasteiger partial charge is 0.439 e. The Morgan fingerprint density at radius 1 is 1.25 bits per heavy atom. The Bertz CT molecular complexity index is 772. The number of carbonyl (C=O) groups is 1. The number of aromatic nitrogens is 2. The molecule has 0 unspecified atom stereocenters. The van der Waals surface area contributed by atoms with Crippen LogP contribution in [0, 0.1) is 5.92 Å². The highest BCUT2D eigenvalue weighted by molar-refractivity contribution is 7.13. The number of hydrogen-bond donors (Lipinski definition) is 0. The van der Waals surface area contributed by atoms with Crippen molar-refractivity contribution in [2.24, 2.45) is 5.92 Å². The molecule has 0 radical (unpaired) electrons.